The summed E-state index contributed by atoms with van der Waals surface area (Å²) in [5, 5.41) is 13.5. The van der Waals surface area contributed by atoms with Crippen LogP contribution in [-0.4, -0.2) is 20.4 Å². The molecule has 0 saturated heterocycles. The summed E-state index contributed by atoms with van der Waals surface area (Å²) in [5.41, 5.74) is 1.95. The molecule has 1 aromatic heterocycles. The highest BCUT2D eigenvalue weighted by Crippen LogP contribution is 2.13. The Morgan fingerprint density at radius 3 is 2.61 bits per heavy atom. The van der Waals surface area contributed by atoms with Gasteiger partial charge in [-0.1, -0.05) is 25.5 Å². The quantitative estimate of drug-likeness (QED) is 0.628. The number of benzene rings is 1. The van der Waals surface area contributed by atoms with Crippen molar-refractivity contribution in [1.82, 2.24) is 9.55 Å². The fourth-order valence-corrected chi connectivity index (χ4v) is 2.23. The van der Waals surface area contributed by atoms with Gasteiger partial charge < -0.3 is 15.4 Å². The second kappa shape index (κ2) is 7.53. The number of nitrogens with zero attached hydrogens (tertiary/aromatic N) is 3. The monoisotopic (exact) mass is 316 g/mol. The molecule has 2 aromatic rings. The summed E-state index contributed by atoms with van der Waals surface area (Å²) in [6.07, 6.45) is 4.59. The predicted molar refractivity (Wildman–Crippen MR) is 87.3 cm³/mol. The first-order chi connectivity index (χ1) is 11.0. The summed E-state index contributed by atoms with van der Waals surface area (Å²) in [6, 6.07) is 7.73. The highest BCUT2D eigenvalue weighted by atomic mass is 16.6. The summed E-state index contributed by atoms with van der Waals surface area (Å²) >= 11 is 0. The number of nitro groups is 1. The van der Waals surface area contributed by atoms with Gasteiger partial charge in [-0.15, -0.1) is 0 Å². The number of amides is 1. The van der Waals surface area contributed by atoms with Crippen LogP contribution in [0.15, 0.2) is 30.5 Å². The molecule has 0 aliphatic heterocycles. The molecule has 0 spiro atoms. The van der Waals surface area contributed by atoms with Gasteiger partial charge >= 0.3 is 5.82 Å². The second-order valence-corrected chi connectivity index (χ2v) is 5.38. The van der Waals surface area contributed by atoms with Crippen LogP contribution in [0.25, 0.3) is 0 Å². The number of hydrogen-bond acceptors (Lipinski definition) is 4. The number of carbonyl (C=O) groups is 1. The van der Waals surface area contributed by atoms with E-state index in [0.717, 1.165) is 19.3 Å². The van der Waals surface area contributed by atoms with Crippen molar-refractivity contribution < 1.29 is 9.72 Å². The van der Waals surface area contributed by atoms with E-state index in [1.54, 1.807) is 6.92 Å². The number of nitrogens with one attached hydrogen (secondary N) is 1. The lowest BCUT2D eigenvalue weighted by atomic mass is 10.1. The van der Waals surface area contributed by atoms with Gasteiger partial charge in [0.05, 0.1) is 0 Å². The molecular formula is C16H20N4O3. The van der Waals surface area contributed by atoms with Crippen molar-refractivity contribution >= 4 is 17.4 Å². The van der Waals surface area contributed by atoms with Crippen LogP contribution in [0.1, 0.15) is 31.2 Å². The molecule has 0 aliphatic carbocycles. The third kappa shape index (κ3) is 4.64. The highest BCUT2D eigenvalue weighted by molar-refractivity contribution is 5.90. The number of aryl methyl sites for hydroxylation is 2. The molecule has 7 nitrogen and oxygen atoms in total. The molecule has 7 heteroatoms. The number of aromatic nitrogens is 2. The molecule has 122 valence electrons. The second-order valence-electron chi connectivity index (χ2n) is 5.38. The van der Waals surface area contributed by atoms with Crippen molar-refractivity contribution in [2.45, 2.75) is 39.7 Å². The van der Waals surface area contributed by atoms with Gasteiger partial charge in [0.1, 0.15) is 12.7 Å². The first-order valence-electron chi connectivity index (χ1n) is 7.56. The van der Waals surface area contributed by atoms with Gasteiger partial charge in [-0.3, -0.25) is 9.36 Å². The van der Waals surface area contributed by atoms with Crippen LogP contribution in [0.4, 0.5) is 11.5 Å². The molecule has 0 fully saturated rings. The Bertz CT molecular complexity index is 692. The highest BCUT2D eigenvalue weighted by Gasteiger charge is 2.16. The number of anilines is 1. The van der Waals surface area contributed by atoms with Crippen LogP contribution >= 0.6 is 0 Å². The van der Waals surface area contributed by atoms with E-state index in [1.807, 2.05) is 24.3 Å². The van der Waals surface area contributed by atoms with E-state index in [-0.39, 0.29) is 18.3 Å². The molecule has 1 aromatic carbocycles. The minimum atomic E-state index is -0.573. The maximum atomic E-state index is 12.0. The fraction of sp³-hybridized carbons (Fsp3) is 0.375. The van der Waals surface area contributed by atoms with Crippen LogP contribution in [0, 0.1) is 17.0 Å². The maximum absolute atomic E-state index is 12.0. The van der Waals surface area contributed by atoms with Crippen molar-refractivity contribution in [3.63, 3.8) is 0 Å². The molecular weight excluding hydrogens is 296 g/mol. The summed E-state index contributed by atoms with van der Waals surface area (Å²) < 4.78 is 1.46. The van der Waals surface area contributed by atoms with Gasteiger partial charge in [0.25, 0.3) is 0 Å². The van der Waals surface area contributed by atoms with Gasteiger partial charge in [0, 0.05) is 12.6 Å². The fourth-order valence-electron chi connectivity index (χ4n) is 2.23. The Morgan fingerprint density at radius 1 is 1.35 bits per heavy atom. The van der Waals surface area contributed by atoms with Crippen LogP contribution in [0.5, 0.6) is 0 Å². The number of rotatable bonds is 7. The van der Waals surface area contributed by atoms with E-state index in [2.05, 4.69) is 17.2 Å². The molecule has 0 aliphatic rings. The Labute approximate surface area is 134 Å². The number of unbranched alkanes of at least 4 members (excludes halogenated alkanes) is 1. The molecule has 0 radical (unpaired) electrons. The van der Waals surface area contributed by atoms with Gasteiger partial charge in [-0.25, -0.2) is 0 Å². The average molecular weight is 316 g/mol. The van der Waals surface area contributed by atoms with Gasteiger partial charge in [-0.2, -0.15) is 0 Å². The van der Waals surface area contributed by atoms with E-state index in [9.17, 15) is 14.9 Å². The van der Waals surface area contributed by atoms with Crippen molar-refractivity contribution in [3.05, 3.63) is 52.0 Å². The first kappa shape index (κ1) is 16.7. The van der Waals surface area contributed by atoms with E-state index in [1.165, 1.54) is 16.3 Å². The van der Waals surface area contributed by atoms with E-state index in [4.69, 9.17) is 0 Å². The molecule has 1 N–H and O–H groups in total. The first-order valence-corrected chi connectivity index (χ1v) is 7.56. The van der Waals surface area contributed by atoms with Crippen molar-refractivity contribution in [2.24, 2.45) is 0 Å². The zero-order valence-corrected chi connectivity index (χ0v) is 13.3. The van der Waals surface area contributed by atoms with Crippen molar-refractivity contribution in [1.29, 1.82) is 0 Å². The largest absolute Gasteiger partial charge is 0.381 e. The minimum Gasteiger partial charge on any atom is -0.358 e. The molecule has 1 heterocycles. The molecule has 1 amide bonds. The van der Waals surface area contributed by atoms with E-state index >= 15 is 0 Å². The number of carbonyl (C=O) groups excluding carboxylic acids is 1. The van der Waals surface area contributed by atoms with Gasteiger partial charge in [0.2, 0.25) is 11.7 Å². The van der Waals surface area contributed by atoms with Crippen molar-refractivity contribution in [3.8, 4) is 0 Å². The zero-order chi connectivity index (χ0) is 16.8. The molecule has 2 rings (SSSR count). The van der Waals surface area contributed by atoms with Crippen LogP contribution in [0.2, 0.25) is 0 Å². The lowest BCUT2D eigenvalue weighted by Crippen LogP contribution is -2.19. The van der Waals surface area contributed by atoms with Crippen LogP contribution < -0.4 is 5.32 Å². The standard InChI is InChI=1S/C16H20N4O3/c1-3-4-5-13-6-8-14(9-7-13)18-16(21)11-19-10-15(20(22)23)17-12(19)2/h6-10H,3-5,11H2,1-2H3,(H,18,21). The normalized spacial score (nSPS) is 10.5. The van der Waals surface area contributed by atoms with Gasteiger partial charge in [0.15, 0.2) is 0 Å². The van der Waals surface area contributed by atoms with E-state index < -0.39 is 4.92 Å². The minimum absolute atomic E-state index is 0.00966. The molecule has 0 atom stereocenters. The molecule has 23 heavy (non-hydrogen) atoms. The van der Waals surface area contributed by atoms with Gasteiger partial charge in [-0.05, 0) is 40.4 Å². The van der Waals surface area contributed by atoms with E-state index in [0.29, 0.717) is 11.5 Å². The van der Waals surface area contributed by atoms with Crippen LogP contribution in [-0.2, 0) is 17.8 Å². The molecule has 0 unspecified atom stereocenters. The molecule has 0 bridgehead atoms. The lowest BCUT2D eigenvalue weighted by Gasteiger charge is -2.07. The summed E-state index contributed by atoms with van der Waals surface area (Å²) in [5.74, 6) is -0.0703. The smallest absolute Gasteiger partial charge is 0.358 e. The SMILES string of the molecule is CCCCc1ccc(NC(=O)Cn2cc([N+](=O)[O-])nc2C)cc1. The molecule has 0 saturated carbocycles. The Morgan fingerprint density at radius 2 is 2.04 bits per heavy atom. The summed E-state index contributed by atoms with van der Waals surface area (Å²) in [4.78, 5) is 25.9. The van der Waals surface area contributed by atoms with Crippen molar-refractivity contribution in [2.75, 3.05) is 5.32 Å². The van der Waals surface area contributed by atoms with Crippen LogP contribution in [0.3, 0.4) is 0 Å². The third-order valence-electron chi connectivity index (χ3n) is 3.52. The lowest BCUT2D eigenvalue weighted by molar-refractivity contribution is -0.389. The Kier molecular flexibility index (Phi) is 5.46. The Balaban J connectivity index is 1.95. The summed E-state index contributed by atoms with van der Waals surface area (Å²) in [6.45, 7) is 3.77. The number of imidazole rings is 1. The Hall–Kier alpha value is -2.70. The topological polar surface area (TPSA) is 90.1 Å². The predicted octanol–water partition coefficient (Wildman–Crippen LogP) is 3.08. The summed E-state index contributed by atoms with van der Waals surface area (Å²) in [7, 11) is 0. The number of hydrogen-bond donors (Lipinski definition) is 1. The third-order valence-corrected chi connectivity index (χ3v) is 3.52. The zero-order valence-electron chi connectivity index (χ0n) is 13.3. The maximum Gasteiger partial charge on any atom is 0.381 e. The average Bonchev–Trinajstić information content (AvgIpc) is 2.88.